The topological polar surface area (TPSA) is 61.2 Å². The fourth-order valence-corrected chi connectivity index (χ4v) is 2.34. The van der Waals surface area contributed by atoms with E-state index in [0.29, 0.717) is 17.8 Å². The molecule has 104 valence electrons. The fourth-order valence-electron chi connectivity index (χ4n) is 2.34. The van der Waals surface area contributed by atoms with E-state index in [2.05, 4.69) is 6.92 Å². The lowest BCUT2D eigenvalue weighted by Gasteiger charge is -2.03. The van der Waals surface area contributed by atoms with Crippen molar-refractivity contribution in [2.45, 2.75) is 52.0 Å². The molecule has 19 heavy (non-hydrogen) atoms. The quantitative estimate of drug-likeness (QED) is 0.613. The van der Waals surface area contributed by atoms with Gasteiger partial charge in [-0.3, -0.25) is 4.57 Å². The first-order valence-corrected chi connectivity index (χ1v) is 7.11. The maximum atomic E-state index is 11.8. The highest BCUT2D eigenvalue weighted by Crippen LogP contribution is 2.17. The molecule has 4 heteroatoms. The van der Waals surface area contributed by atoms with Crippen LogP contribution in [0.4, 0.5) is 5.69 Å². The van der Waals surface area contributed by atoms with E-state index in [1.165, 1.54) is 25.7 Å². The summed E-state index contributed by atoms with van der Waals surface area (Å²) in [6.07, 6.45) is 7.23. The van der Waals surface area contributed by atoms with Gasteiger partial charge in [-0.25, -0.2) is 4.79 Å². The first-order chi connectivity index (χ1) is 9.22. The van der Waals surface area contributed by atoms with E-state index in [1.807, 2.05) is 0 Å². The predicted octanol–water partition coefficient (Wildman–Crippen LogP) is 3.54. The van der Waals surface area contributed by atoms with Crippen LogP contribution in [-0.2, 0) is 6.54 Å². The van der Waals surface area contributed by atoms with Crippen LogP contribution in [0.5, 0.6) is 0 Å². The highest BCUT2D eigenvalue weighted by atomic mass is 16.4. The summed E-state index contributed by atoms with van der Waals surface area (Å²) in [5.41, 5.74) is 7.83. The molecule has 1 aromatic carbocycles. The number of oxazole rings is 1. The van der Waals surface area contributed by atoms with Gasteiger partial charge in [-0.1, -0.05) is 39.0 Å². The second-order valence-corrected chi connectivity index (χ2v) is 5.01. The van der Waals surface area contributed by atoms with E-state index in [4.69, 9.17) is 10.2 Å². The molecule has 2 rings (SSSR count). The lowest BCUT2D eigenvalue weighted by Crippen LogP contribution is -2.14. The monoisotopic (exact) mass is 262 g/mol. The van der Waals surface area contributed by atoms with Crippen LogP contribution in [-0.4, -0.2) is 4.57 Å². The van der Waals surface area contributed by atoms with Gasteiger partial charge in [0.15, 0.2) is 5.58 Å². The van der Waals surface area contributed by atoms with Gasteiger partial charge in [0.1, 0.15) is 0 Å². The molecule has 0 aliphatic carbocycles. The number of fused-ring (bicyclic) bond motifs is 1. The van der Waals surface area contributed by atoms with Gasteiger partial charge in [-0.15, -0.1) is 0 Å². The van der Waals surface area contributed by atoms with Crippen molar-refractivity contribution in [1.82, 2.24) is 4.57 Å². The second kappa shape index (κ2) is 6.45. The molecule has 0 aliphatic heterocycles. The van der Waals surface area contributed by atoms with E-state index in [9.17, 15) is 4.79 Å². The Morgan fingerprint density at radius 1 is 1.16 bits per heavy atom. The molecule has 0 fully saturated rings. The van der Waals surface area contributed by atoms with E-state index < -0.39 is 0 Å². The number of unbranched alkanes of at least 4 members (excludes halogenated alkanes) is 5. The predicted molar refractivity (Wildman–Crippen MR) is 78.3 cm³/mol. The van der Waals surface area contributed by atoms with Crippen LogP contribution in [0.3, 0.4) is 0 Å². The number of nitrogen functional groups attached to an aromatic ring is 1. The molecule has 2 aromatic rings. The largest absolute Gasteiger partial charge is 0.419 e. The van der Waals surface area contributed by atoms with Gasteiger partial charge in [-0.2, -0.15) is 0 Å². The number of nitrogens with zero attached hydrogens (tertiary/aromatic N) is 1. The van der Waals surface area contributed by atoms with Crippen molar-refractivity contribution >= 4 is 16.8 Å². The molecule has 0 unspecified atom stereocenters. The maximum Gasteiger partial charge on any atom is 0.419 e. The number of aryl methyl sites for hydroxylation is 1. The smallest absolute Gasteiger partial charge is 0.408 e. The van der Waals surface area contributed by atoms with Gasteiger partial charge in [0.05, 0.1) is 5.52 Å². The number of benzene rings is 1. The molecule has 0 atom stereocenters. The Morgan fingerprint density at radius 2 is 1.89 bits per heavy atom. The molecule has 0 saturated heterocycles. The van der Waals surface area contributed by atoms with Crippen molar-refractivity contribution in [3.8, 4) is 0 Å². The van der Waals surface area contributed by atoms with Gasteiger partial charge < -0.3 is 10.2 Å². The van der Waals surface area contributed by atoms with E-state index >= 15 is 0 Å². The normalized spacial score (nSPS) is 11.2. The summed E-state index contributed by atoms with van der Waals surface area (Å²) in [4.78, 5) is 11.8. The van der Waals surface area contributed by atoms with Crippen LogP contribution in [0.25, 0.3) is 11.1 Å². The van der Waals surface area contributed by atoms with Crippen LogP contribution >= 0.6 is 0 Å². The Balaban J connectivity index is 1.98. The first kappa shape index (κ1) is 13.7. The van der Waals surface area contributed by atoms with Gasteiger partial charge in [0, 0.05) is 12.2 Å². The van der Waals surface area contributed by atoms with Crippen molar-refractivity contribution in [1.29, 1.82) is 0 Å². The molecule has 0 radical (unpaired) electrons. The lowest BCUT2D eigenvalue weighted by atomic mass is 10.1. The van der Waals surface area contributed by atoms with Gasteiger partial charge in [-0.05, 0) is 24.6 Å². The Bertz CT molecular complexity index is 583. The maximum absolute atomic E-state index is 11.8. The van der Waals surface area contributed by atoms with Gasteiger partial charge in [0.2, 0.25) is 0 Å². The zero-order valence-corrected chi connectivity index (χ0v) is 11.5. The van der Waals surface area contributed by atoms with E-state index in [0.717, 1.165) is 18.4 Å². The summed E-state index contributed by atoms with van der Waals surface area (Å²) in [7, 11) is 0. The van der Waals surface area contributed by atoms with Crippen molar-refractivity contribution in [3.63, 3.8) is 0 Å². The molecule has 2 N–H and O–H groups in total. The third-order valence-electron chi connectivity index (χ3n) is 3.43. The Labute approximate surface area is 113 Å². The summed E-state index contributed by atoms with van der Waals surface area (Å²) < 4.78 is 6.89. The summed E-state index contributed by atoms with van der Waals surface area (Å²) in [5, 5.41) is 0. The zero-order valence-electron chi connectivity index (χ0n) is 11.5. The van der Waals surface area contributed by atoms with Crippen molar-refractivity contribution in [2.75, 3.05) is 5.73 Å². The summed E-state index contributed by atoms with van der Waals surface area (Å²) >= 11 is 0. The van der Waals surface area contributed by atoms with Crippen molar-refractivity contribution < 1.29 is 4.42 Å². The molecule has 1 heterocycles. The summed E-state index contributed by atoms with van der Waals surface area (Å²) in [6, 6.07) is 5.31. The number of nitrogens with two attached hydrogens (primary N) is 1. The molecular weight excluding hydrogens is 240 g/mol. The average molecular weight is 262 g/mol. The minimum absolute atomic E-state index is 0.283. The highest BCUT2D eigenvalue weighted by molar-refractivity contribution is 5.76. The third kappa shape index (κ3) is 3.40. The van der Waals surface area contributed by atoms with Crippen molar-refractivity contribution in [2.24, 2.45) is 0 Å². The molecule has 0 amide bonds. The molecule has 4 nitrogen and oxygen atoms in total. The SMILES string of the molecule is CCCCCCCCn1c(=O)oc2ccc(N)cc21. The summed E-state index contributed by atoms with van der Waals surface area (Å²) in [5.74, 6) is -0.283. The van der Waals surface area contributed by atoms with Crippen molar-refractivity contribution in [3.05, 3.63) is 28.7 Å². The van der Waals surface area contributed by atoms with Gasteiger partial charge >= 0.3 is 5.76 Å². The Hall–Kier alpha value is -1.71. The standard InChI is InChI=1S/C15H22N2O2/c1-2-3-4-5-6-7-10-17-13-11-12(16)8-9-14(13)19-15(17)18/h8-9,11H,2-7,10,16H2,1H3. The van der Waals surface area contributed by atoms with Crippen LogP contribution in [0, 0.1) is 0 Å². The third-order valence-corrected chi connectivity index (χ3v) is 3.43. The number of anilines is 1. The Kier molecular flexibility index (Phi) is 4.66. The number of rotatable bonds is 7. The first-order valence-electron chi connectivity index (χ1n) is 7.11. The van der Waals surface area contributed by atoms with Gasteiger partial charge in [0.25, 0.3) is 0 Å². The molecule has 1 aromatic heterocycles. The van der Waals surface area contributed by atoms with Crippen LogP contribution in [0.2, 0.25) is 0 Å². The number of hydrogen-bond donors (Lipinski definition) is 1. The zero-order chi connectivity index (χ0) is 13.7. The fraction of sp³-hybridized carbons (Fsp3) is 0.533. The molecule has 0 spiro atoms. The van der Waals surface area contributed by atoms with E-state index in [1.54, 1.807) is 22.8 Å². The number of hydrogen-bond acceptors (Lipinski definition) is 3. The van der Waals surface area contributed by atoms with Crippen LogP contribution in [0.15, 0.2) is 27.4 Å². The minimum atomic E-state index is -0.283. The second-order valence-electron chi connectivity index (χ2n) is 5.01. The highest BCUT2D eigenvalue weighted by Gasteiger charge is 2.08. The number of aromatic nitrogens is 1. The van der Waals surface area contributed by atoms with E-state index in [-0.39, 0.29) is 5.76 Å². The lowest BCUT2D eigenvalue weighted by molar-refractivity contribution is 0.485. The summed E-state index contributed by atoms with van der Waals surface area (Å²) in [6.45, 7) is 2.92. The molecule has 0 bridgehead atoms. The Morgan fingerprint density at radius 3 is 2.68 bits per heavy atom. The average Bonchev–Trinajstić information content (AvgIpc) is 2.69. The van der Waals surface area contributed by atoms with Crippen LogP contribution < -0.4 is 11.5 Å². The molecular formula is C15H22N2O2. The molecule has 0 saturated carbocycles. The van der Waals surface area contributed by atoms with Crippen LogP contribution in [0.1, 0.15) is 45.4 Å². The minimum Gasteiger partial charge on any atom is -0.408 e. The molecule has 0 aliphatic rings.